The lowest BCUT2D eigenvalue weighted by Crippen LogP contribution is -1.77. The fourth-order valence-electron chi connectivity index (χ4n) is 0.755. The number of hydrogen-bond donors (Lipinski definition) is 1. The molecule has 1 aromatic carbocycles. The second kappa shape index (κ2) is 2.40. The highest BCUT2D eigenvalue weighted by Gasteiger charge is 1.94. The second-order valence-electron chi connectivity index (χ2n) is 2.07. The van der Waals surface area contributed by atoms with Gasteiger partial charge in [-0.2, -0.15) is 5.26 Å². The van der Waals surface area contributed by atoms with E-state index in [4.69, 9.17) is 10.4 Å². The Bertz CT molecular complexity index is 266. The average Bonchev–Trinajstić information content (AvgIpc) is 1.85. The molecule has 1 N–H and O–H groups in total. The van der Waals surface area contributed by atoms with Crippen molar-refractivity contribution in [2.24, 2.45) is 0 Å². The van der Waals surface area contributed by atoms with Crippen molar-refractivity contribution in [2.45, 2.75) is 6.92 Å². The van der Waals surface area contributed by atoms with E-state index in [9.17, 15) is 0 Å². The zero-order valence-corrected chi connectivity index (χ0v) is 5.55. The van der Waals surface area contributed by atoms with Gasteiger partial charge in [0.15, 0.2) is 0 Å². The van der Waals surface area contributed by atoms with Crippen molar-refractivity contribution in [3.8, 4) is 11.8 Å². The van der Waals surface area contributed by atoms with Crippen molar-refractivity contribution >= 4 is 0 Å². The molecule has 10 heavy (non-hydrogen) atoms. The van der Waals surface area contributed by atoms with Gasteiger partial charge in [0.05, 0.1) is 11.6 Å². The molecule has 0 heterocycles. The Morgan fingerprint density at radius 3 is 2.80 bits per heavy atom. The molecular weight excluding hydrogens is 126 g/mol. The van der Waals surface area contributed by atoms with Crippen LogP contribution in [0.25, 0.3) is 0 Å². The molecule has 2 nitrogen and oxygen atoms in total. The Morgan fingerprint density at radius 1 is 1.60 bits per heavy atom. The van der Waals surface area contributed by atoms with Crippen LogP contribution < -0.4 is 0 Å². The van der Waals surface area contributed by atoms with Gasteiger partial charge >= 0.3 is 0 Å². The van der Waals surface area contributed by atoms with Crippen LogP contribution in [0.4, 0.5) is 0 Å². The number of hydrogen-bond acceptors (Lipinski definition) is 2. The van der Waals surface area contributed by atoms with Crippen molar-refractivity contribution in [3.63, 3.8) is 0 Å². The van der Waals surface area contributed by atoms with Gasteiger partial charge in [0.2, 0.25) is 0 Å². The largest absolute Gasteiger partial charge is 0.507 e. The van der Waals surface area contributed by atoms with E-state index in [0.717, 1.165) is 5.56 Å². The molecule has 1 aromatic rings. The van der Waals surface area contributed by atoms with E-state index in [-0.39, 0.29) is 5.75 Å². The Balaban J connectivity index is 3.22. The van der Waals surface area contributed by atoms with Gasteiger partial charge in [-0.1, -0.05) is 0 Å². The first-order valence-corrected chi connectivity index (χ1v) is 2.85. The fourth-order valence-corrected chi connectivity index (χ4v) is 0.755. The summed E-state index contributed by atoms with van der Waals surface area (Å²) in [5.41, 5.74) is 1.24. The molecule has 0 amide bonds. The Kier molecular flexibility index (Phi) is 1.59. The summed E-state index contributed by atoms with van der Waals surface area (Å²) in [5.74, 6) is 0.0246. The molecule has 0 aromatic heterocycles. The van der Waals surface area contributed by atoms with Gasteiger partial charge in [-0.05, 0) is 24.6 Å². The first-order chi connectivity index (χ1) is 4.72. The van der Waals surface area contributed by atoms with Crippen molar-refractivity contribution in [1.82, 2.24) is 0 Å². The Labute approximate surface area is 59.3 Å². The van der Waals surface area contributed by atoms with E-state index in [1.807, 2.05) is 13.0 Å². The molecule has 1 rings (SSSR count). The number of aromatic hydroxyl groups is 1. The van der Waals surface area contributed by atoms with Gasteiger partial charge < -0.3 is 5.11 Å². The SMILES string of the molecule is Cc1cc(O)[c]c(C#N)c1. The lowest BCUT2D eigenvalue weighted by atomic mass is 10.1. The molecule has 1 radical (unpaired) electrons. The summed E-state index contributed by atoms with van der Waals surface area (Å²) in [6, 6.07) is 7.61. The normalized spacial score (nSPS) is 8.80. The smallest absolute Gasteiger partial charge is 0.125 e. The van der Waals surface area contributed by atoms with Crippen molar-refractivity contribution in [2.75, 3.05) is 0 Å². The van der Waals surface area contributed by atoms with Crippen LogP contribution in [-0.2, 0) is 0 Å². The number of benzene rings is 1. The number of nitrogens with zero attached hydrogens (tertiary/aromatic N) is 1. The molecular formula is C8H6NO. The minimum Gasteiger partial charge on any atom is -0.507 e. The zero-order chi connectivity index (χ0) is 7.56. The Morgan fingerprint density at radius 2 is 2.30 bits per heavy atom. The minimum atomic E-state index is 0.0246. The first-order valence-electron chi connectivity index (χ1n) is 2.85. The summed E-state index contributed by atoms with van der Waals surface area (Å²) in [6.07, 6.45) is 0. The lowest BCUT2D eigenvalue weighted by molar-refractivity contribution is 0.473. The van der Waals surface area contributed by atoms with Crippen LogP contribution in [0.3, 0.4) is 0 Å². The minimum absolute atomic E-state index is 0.0246. The van der Waals surface area contributed by atoms with Crippen molar-refractivity contribution in [1.29, 1.82) is 5.26 Å². The van der Waals surface area contributed by atoms with Crippen LogP contribution >= 0.6 is 0 Å². The van der Waals surface area contributed by atoms with Crippen LogP contribution in [0.1, 0.15) is 11.1 Å². The predicted molar refractivity (Wildman–Crippen MR) is 36.4 cm³/mol. The molecule has 0 aliphatic carbocycles. The van der Waals surface area contributed by atoms with Gasteiger partial charge in [0, 0.05) is 6.07 Å². The molecule has 0 aliphatic heterocycles. The van der Waals surface area contributed by atoms with Gasteiger partial charge in [-0.15, -0.1) is 0 Å². The molecule has 0 fully saturated rings. The van der Waals surface area contributed by atoms with Crippen molar-refractivity contribution < 1.29 is 5.11 Å². The van der Waals surface area contributed by atoms with Crippen LogP contribution in [0.5, 0.6) is 5.75 Å². The molecule has 0 bridgehead atoms. The molecule has 0 unspecified atom stereocenters. The summed E-state index contributed by atoms with van der Waals surface area (Å²) < 4.78 is 0. The maximum absolute atomic E-state index is 8.92. The third kappa shape index (κ3) is 1.26. The molecule has 2 heteroatoms. The van der Waals surface area contributed by atoms with E-state index >= 15 is 0 Å². The summed E-state index contributed by atoms with van der Waals surface area (Å²) in [6.45, 7) is 1.81. The number of phenolic OH excluding ortho intramolecular Hbond substituents is 1. The highest BCUT2D eigenvalue weighted by Crippen LogP contribution is 2.12. The van der Waals surface area contributed by atoms with E-state index in [1.54, 1.807) is 12.1 Å². The van der Waals surface area contributed by atoms with Gasteiger partial charge in [0.1, 0.15) is 5.75 Å². The fraction of sp³-hybridized carbons (Fsp3) is 0.125. The quantitative estimate of drug-likeness (QED) is 0.579. The molecule has 0 aliphatic rings. The second-order valence-corrected chi connectivity index (χ2v) is 2.07. The lowest BCUT2D eigenvalue weighted by Gasteiger charge is -1.93. The predicted octanol–water partition coefficient (Wildman–Crippen LogP) is 1.37. The zero-order valence-electron chi connectivity index (χ0n) is 5.55. The van der Waals surface area contributed by atoms with Crippen LogP contribution in [0, 0.1) is 24.3 Å². The highest BCUT2D eigenvalue weighted by molar-refractivity contribution is 5.37. The van der Waals surface area contributed by atoms with Crippen molar-refractivity contribution in [3.05, 3.63) is 29.3 Å². The van der Waals surface area contributed by atoms with Crippen LogP contribution in [-0.4, -0.2) is 5.11 Å². The third-order valence-corrected chi connectivity index (χ3v) is 1.12. The van der Waals surface area contributed by atoms with E-state index < -0.39 is 0 Å². The molecule has 0 saturated heterocycles. The summed E-state index contributed by atoms with van der Waals surface area (Å²) in [7, 11) is 0. The summed E-state index contributed by atoms with van der Waals surface area (Å²) in [4.78, 5) is 0. The van der Waals surface area contributed by atoms with Gasteiger partial charge in [0.25, 0.3) is 0 Å². The molecule has 0 atom stereocenters. The number of aryl methyl sites for hydroxylation is 1. The topological polar surface area (TPSA) is 44.0 Å². The van der Waals surface area contributed by atoms with E-state index in [0.29, 0.717) is 5.56 Å². The number of nitriles is 1. The van der Waals surface area contributed by atoms with E-state index in [2.05, 4.69) is 6.07 Å². The average molecular weight is 132 g/mol. The van der Waals surface area contributed by atoms with Gasteiger partial charge in [-0.3, -0.25) is 0 Å². The van der Waals surface area contributed by atoms with Crippen LogP contribution in [0.2, 0.25) is 0 Å². The molecule has 0 saturated carbocycles. The van der Waals surface area contributed by atoms with Gasteiger partial charge in [-0.25, -0.2) is 0 Å². The highest BCUT2D eigenvalue weighted by atomic mass is 16.3. The standard InChI is InChI=1S/C8H6NO/c1-6-2-7(5-9)4-8(10)3-6/h2-3,10H,1H3. The maximum atomic E-state index is 8.92. The summed E-state index contributed by atoms with van der Waals surface area (Å²) in [5, 5.41) is 17.3. The molecule has 0 spiro atoms. The monoisotopic (exact) mass is 132 g/mol. The first kappa shape index (κ1) is 6.63. The van der Waals surface area contributed by atoms with E-state index in [1.165, 1.54) is 0 Å². The maximum Gasteiger partial charge on any atom is 0.125 e. The number of phenols is 1. The number of rotatable bonds is 0. The third-order valence-electron chi connectivity index (χ3n) is 1.12. The summed E-state index contributed by atoms with van der Waals surface area (Å²) >= 11 is 0. The van der Waals surface area contributed by atoms with Crippen LogP contribution in [0.15, 0.2) is 12.1 Å². The Hall–Kier alpha value is -1.49. The molecule has 49 valence electrons.